The zero-order valence-electron chi connectivity index (χ0n) is 10.5. The topological polar surface area (TPSA) is 27.6 Å². The molecule has 2 aliphatic rings. The summed E-state index contributed by atoms with van der Waals surface area (Å²) in [4.78, 5) is 6.99. The molecule has 0 aromatic heterocycles. The molecule has 94 valence electrons. The Morgan fingerprint density at radius 2 is 2.17 bits per heavy atom. The highest BCUT2D eigenvalue weighted by Gasteiger charge is 2.26. The second-order valence-corrected chi connectivity index (χ2v) is 4.87. The summed E-state index contributed by atoms with van der Waals surface area (Å²) >= 11 is 0. The SMILES string of the molecule is C1=CN(C2CCCN2)C(Cc2ccccc2)N=C1. The quantitative estimate of drug-likeness (QED) is 0.878. The number of hydrogen-bond donors (Lipinski definition) is 1. The van der Waals surface area contributed by atoms with Crippen molar-refractivity contribution in [2.75, 3.05) is 6.54 Å². The van der Waals surface area contributed by atoms with Crippen molar-refractivity contribution in [3.63, 3.8) is 0 Å². The van der Waals surface area contributed by atoms with Gasteiger partial charge in [0.15, 0.2) is 0 Å². The summed E-state index contributed by atoms with van der Waals surface area (Å²) in [7, 11) is 0. The van der Waals surface area contributed by atoms with Crippen LogP contribution < -0.4 is 5.32 Å². The predicted octanol–water partition coefficient (Wildman–Crippen LogP) is 2.16. The molecule has 18 heavy (non-hydrogen) atoms. The smallest absolute Gasteiger partial charge is 0.125 e. The number of allylic oxidation sites excluding steroid dienone is 1. The number of benzene rings is 1. The van der Waals surface area contributed by atoms with Crippen molar-refractivity contribution in [1.29, 1.82) is 0 Å². The number of aliphatic imine (C=N–C) groups is 1. The van der Waals surface area contributed by atoms with Gasteiger partial charge in [-0.2, -0.15) is 0 Å². The summed E-state index contributed by atoms with van der Waals surface area (Å²) < 4.78 is 0. The number of hydrogen-bond acceptors (Lipinski definition) is 3. The molecule has 3 nitrogen and oxygen atoms in total. The Morgan fingerprint density at radius 3 is 2.94 bits per heavy atom. The van der Waals surface area contributed by atoms with E-state index in [9.17, 15) is 0 Å². The highest BCUT2D eigenvalue weighted by atomic mass is 15.3. The van der Waals surface area contributed by atoms with Crippen molar-refractivity contribution < 1.29 is 0 Å². The van der Waals surface area contributed by atoms with Gasteiger partial charge in [-0.05, 0) is 31.0 Å². The first kappa shape index (κ1) is 11.5. The largest absolute Gasteiger partial charge is 0.340 e. The molecule has 1 saturated heterocycles. The fourth-order valence-corrected chi connectivity index (χ4v) is 2.68. The second kappa shape index (κ2) is 5.36. The highest BCUT2D eigenvalue weighted by Crippen LogP contribution is 2.19. The molecule has 1 N–H and O–H groups in total. The zero-order chi connectivity index (χ0) is 12.2. The lowest BCUT2D eigenvalue weighted by Gasteiger charge is -2.34. The van der Waals surface area contributed by atoms with Crippen LogP contribution in [0.1, 0.15) is 18.4 Å². The number of nitrogens with one attached hydrogen (secondary N) is 1. The number of nitrogens with zero attached hydrogens (tertiary/aromatic N) is 2. The van der Waals surface area contributed by atoms with Crippen LogP contribution in [0.15, 0.2) is 47.6 Å². The molecule has 0 spiro atoms. The maximum absolute atomic E-state index is 4.62. The van der Waals surface area contributed by atoms with Gasteiger partial charge in [0.05, 0.1) is 6.17 Å². The van der Waals surface area contributed by atoms with Crippen LogP contribution in [0.4, 0.5) is 0 Å². The molecule has 1 aromatic rings. The van der Waals surface area contributed by atoms with Gasteiger partial charge >= 0.3 is 0 Å². The molecular weight excluding hydrogens is 222 g/mol. The van der Waals surface area contributed by atoms with Gasteiger partial charge in [0, 0.05) is 18.8 Å². The minimum absolute atomic E-state index is 0.230. The van der Waals surface area contributed by atoms with Crippen LogP contribution in [0.25, 0.3) is 0 Å². The fraction of sp³-hybridized carbons (Fsp3) is 0.400. The van der Waals surface area contributed by atoms with Gasteiger partial charge in [0.25, 0.3) is 0 Å². The summed E-state index contributed by atoms with van der Waals surface area (Å²) in [6.45, 7) is 1.12. The van der Waals surface area contributed by atoms with Crippen LogP contribution in [0.5, 0.6) is 0 Å². The summed E-state index contributed by atoms with van der Waals surface area (Å²) in [6.07, 6.45) is 10.2. The standard InChI is InChI=1S/C15H19N3/c1-2-6-13(7-3-1)12-15-17-10-5-11-18(15)14-8-4-9-16-14/h1-3,5-7,10-11,14-16H,4,8-9,12H2. The molecule has 1 aromatic carbocycles. The second-order valence-electron chi connectivity index (χ2n) is 4.87. The van der Waals surface area contributed by atoms with Crippen LogP contribution in [-0.4, -0.2) is 30.0 Å². The lowest BCUT2D eigenvalue weighted by molar-refractivity contribution is 0.190. The first-order valence-electron chi connectivity index (χ1n) is 6.68. The minimum Gasteiger partial charge on any atom is -0.340 e. The van der Waals surface area contributed by atoms with Gasteiger partial charge in [0.2, 0.25) is 0 Å². The molecule has 0 radical (unpaired) electrons. The maximum atomic E-state index is 4.62. The molecule has 2 atom stereocenters. The Balaban J connectivity index is 1.72. The average Bonchev–Trinajstić information content (AvgIpc) is 2.94. The average molecular weight is 241 g/mol. The van der Waals surface area contributed by atoms with Crippen molar-refractivity contribution in [3.05, 3.63) is 48.2 Å². The molecular formula is C15H19N3. The molecule has 0 aliphatic carbocycles. The van der Waals surface area contributed by atoms with Gasteiger partial charge in [0.1, 0.15) is 6.17 Å². The molecule has 2 heterocycles. The Bertz CT molecular complexity index is 432. The van der Waals surface area contributed by atoms with E-state index in [1.807, 2.05) is 12.3 Å². The Kier molecular flexibility index (Phi) is 3.42. The Hall–Kier alpha value is -1.61. The van der Waals surface area contributed by atoms with E-state index in [0.29, 0.717) is 6.17 Å². The van der Waals surface area contributed by atoms with Gasteiger partial charge in [-0.25, -0.2) is 0 Å². The molecule has 0 amide bonds. The predicted molar refractivity (Wildman–Crippen MR) is 74.4 cm³/mol. The van der Waals surface area contributed by atoms with E-state index in [2.05, 4.69) is 51.7 Å². The van der Waals surface area contributed by atoms with E-state index in [1.165, 1.54) is 18.4 Å². The summed E-state index contributed by atoms with van der Waals surface area (Å²) in [6, 6.07) is 10.6. The van der Waals surface area contributed by atoms with Crippen molar-refractivity contribution in [1.82, 2.24) is 10.2 Å². The third kappa shape index (κ3) is 2.46. The van der Waals surface area contributed by atoms with E-state index in [0.717, 1.165) is 13.0 Å². The molecule has 0 bridgehead atoms. The van der Waals surface area contributed by atoms with Crippen LogP contribution >= 0.6 is 0 Å². The fourth-order valence-electron chi connectivity index (χ4n) is 2.68. The lowest BCUT2D eigenvalue weighted by atomic mass is 10.1. The first-order valence-corrected chi connectivity index (χ1v) is 6.68. The molecule has 0 saturated carbocycles. The normalized spacial score (nSPS) is 26.8. The van der Waals surface area contributed by atoms with Crippen LogP contribution in [-0.2, 0) is 6.42 Å². The maximum Gasteiger partial charge on any atom is 0.125 e. The van der Waals surface area contributed by atoms with Crippen molar-refractivity contribution in [3.8, 4) is 0 Å². The lowest BCUT2D eigenvalue weighted by Crippen LogP contribution is -2.45. The summed E-state index contributed by atoms with van der Waals surface area (Å²) in [5, 5.41) is 3.54. The van der Waals surface area contributed by atoms with Gasteiger partial charge in [-0.3, -0.25) is 10.3 Å². The summed E-state index contributed by atoms with van der Waals surface area (Å²) in [5.41, 5.74) is 1.35. The summed E-state index contributed by atoms with van der Waals surface area (Å²) in [5.74, 6) is 0. The van der Waals surface area contributed by atoms with Crippen molar-refractivity contribution >= 4 is 6.21 Å². The van der Waals surface area contributed by atoms with Gasteiger partial charge < -0.3 is 4.90 Å². The van der Waals surface area contributed by atoms with E-state index in [-0.39, 0.29) is 6.17 Å². The monoisotopic (exact) mass is 241 g/mol. The Labute approximate surface area is 108 Å². The van der Waals surface area contributed by atoms with Crippen LogP contribution in [0.2, 0.25) is 0 Å². The van der Waals surface area contributed by atoms with Gasteiger partial charge in [-0.15, -0.1) is 0 Å². The zero-order valence-corrected chi connectivity index (χ0v) is 10.5. The van der Waals surface area contributed by atoms with E-state index >= 15 is 0 Å². The van der Waals surface area contributed by atoms with E-state index < -0.39 is 0 Å². The van der Waals surface area contributed by atoms with Crippen molar-refractivity contribution in [2.45, 2.75) is 31.6 Å². The number of rotatable bonds is 3. The van der Waals surface area contributed by atoms with Gasteiger partial charge in [-0.1, -0.05) is 30.3 Å². The molecule has 1 fully saturated rings. The first-order chi connectivity index (χ1) is 8.93. The molecule has 2 unspecified atom stereocenters. The molecule has 3 heteroatoms. The minimum atomic E-state index is 0.230. The van der Waals surface area contributed by atoms with Crippen LogP contribution in [0, 0.1) is 0 Å². The van der Waals surface area contributed by atoms with Crippen molar-refractivity contribution in [2.24, 2.45) is 4.99 Å². The van der Waals surface area contributed by atoms with E-state index in [1.54, 1.807) is 0 Å². The Morgan fingerprint density at radius 1 is 1.28 bits per heavy atom. The third-order valence-corrected chi connectivity index (χ3v) is 3.60. The van der Waals surface area contributed by atoms with E-state index in [4.69, 9.17) is 0 Å². The highest BCUT2D eigenvalue weighted by molar-refractivity contribution is 5.71. The molecule has 3 rings (SSSR count). The third-order valence-electron chi connectivity index (χ3n) is 3.60. The molecule has 2 aliphatic heterocycles. The van der Waals surface area contributed by atoms with Crippen LogP contribution in [0.3, 0.4) is 0 Å².